The molecule has 0 aliphatic heterocycles. The Morgan fingerprint density at radius 2 is 1.96 bits per heavy atom. The van der Waals surface area contributed by atoms with Gasteiger partial charge in [-0.2, -0.15) is 0 Å². The van der Waals surface area contributed by atoms with E-state index in [0.717, 1.165) is 18.3 Å². The summed E-state index contributed by atoms with van der Waals surface area (Å²) in [7, 11) is 1.56. The van der Waals surface area contributed by atoms with Gasteiger partial charge in [0.15, 0.2) is 0 Å². The van der Waals surface area contributed by atoms with Gasteiger partial charge in [0.2, 0.25) is 0 Å². The molecule has 0 aromatic rings. The molecule has 0 aromatic heterocycles. The number of allylic oxidation sites excluding steroid dienone is 2. The van der Waals surface area contributed by atoms with E-state index in [1.165, 1.54) is 38.5 Å². The fourth-order valence-electron chi connectivity index (χ4n) is 6.44. The number of ether oxygens (including phenoxy) is 1. The molecule has 0 radical (unpaired) electrons. The molecule has 0 bridgehead atoms. The second-order valence-electron chi connectivity index (χ2n) is 9.10. The Morgan fingerprint density at radius 1 is 1.22 bits per heavy atom. The average molecular weight is 319 g/mol. The molecule has 5 atom stereocenters. The first kappa shape index (κ1) is 17.0. The van der Waals surface area contributed by atoms with Gasteiger partial charge in [-0.1, -0.05) is 38.8 Å². The number of rotatable bonds is 2. The van der Waals surface area contributed by atoms with Crippen LogP contribution in [0.15, 0.2) is 11.6 Å². The van der Waals surface area contributed by atoms with Gasteiger partial charge < -0.3 is 4.74 Å². The first-order valence-corrected chi connectivity index (χ1v) is 9.62. The molecule has 2 fully saturated rings. The van der Waals surface area contributed by atoms with Crippen LogP contribution in [0, 0.1) is 34.5 Å². The summed E-state index contributed by atoms with van der Waals surface area (Å²) in [5.41, 5.74) is 1.71. The normalized spacial score (nSPS) is 43.4. The van der Waals surface area contributed by atoms with Gasteiger partial charge in [-0.3, -0.25) is 4.79 Å². The van der Waals surface area contributed by atoms with E-state index in [9.17, 15) is 4.79 Å². The van der Waals surface area contributed by atoms with Crippen molar-refractivity contribution in [1.82, 2.24) is 0 Å². The number of carbonyl (C=O) groups excluding carboxylic acids is 1. The average Bonchev–Trinajstić information content (AvgIpc) is 2.53. The Bertz CT molecular complexity index is 506. The topological polar surface area (TPSA) is 26.3 Å². The molecule has 2 saturated carbocycles. The van der Waals surface area contributed by atoms with Gasteiger partial charge in [-0.25, -0.2) is 0 Å². The van der Waals surface area contributed by atoms with Crippen molar-refractivity contribution in [3.8, 4) is 0 Å². The third kappa shape index (κ3) is 2.57. The molecular formula is C21H34O2. The lowest BCUT2D eigenvalue weighted by Crippen LogP contribution is -2.55. The second kappa shape index (κ2) is 5.93. The number of carbonyl (C=O) groups is 1. The van der Waals surface area contributed by atoms with Gasteiger partial charge in [0, 0.05) is 0 Å². The highest BCUT2D eigenvalue weighted by Gasteiger charge is 2.58. The van der Waals surface area contributed by atoms with Crippen molar-refractivity contribution in [3.63, 3.8) is 0 Å². The van der Waals surface area contributed by atoms with E-state index < -0.39 is 0 Å². The largest absolute Gasteiger partial charge is 0.469 e. The Labute approximate surface area is 142 Å². The quantitative estimate of drug-likeness (QED) is 0.505. The van der Waals surface area contributed by atoms with E-state index in [1.54, 1.807) is 12.7 Å². The van der Waals surface area contributed by atoms with Crippen LogP contribution >= 0.6 is 0 Å². The Hall–Kier alpha value is -0.790. The Balaban J connectivity index is 1.92. The van der Waals surface area contributed by atoms with Gasteiger partial charge in [0.05, 0.1) is 12.5 Å². The van der Waals surface area contributed by atoms with Gasteiger partial charge in [0.25, 0.3) is 0 Å². The van der Waals surface area contributed by atoms with Gasteiger partial charge in [0.1, 0.15) is 0 Å². The lowest BCUT2D eigenvalue weighted by atomic mass is 9.44. The lowest BCUT2D eigenvalue weighted by molar-refractivity contribution is -0.172. The Morgan fingerprint density at radius 3 is 2.61 bits per heavy atom. The number of methoxy groups -OCH3 is 1. The fraction of sp³-hybridized carbons (Fsp3) is 0.857. The summed E-state index contributed by atoms with van der Waals surface area (Å²) in [6.07, 6.45) is 11.1. The maximum absolute atomic E-state index is 12.6. The van der Waals surface area contributed by atoms with Crippen molar-refractivity contribution in [1.29, 1.82) is 0 Å². The molecule has 3 rings (SSSR count). The summed E-state index contributed by atoms with van der Waals surface area (Å²) < 4.78 is 5.22. The maximum Gasteiger partial charge on any atom is 0.311 e. The van der Waals surface area contributed by atoms with Crippen LogP contribution in [0.1, 0.15) is 72.6 Å². The third-order valence-corrected chi connectivity index (χ3v) is 7.69. The molecule has 2 heteroatoms. The van der Waals surface area contributed by atoms with Crippen LogP contribution < -0.4 is 0 Å². The zero-order chi connectivity index (χ0) is 16.8. The van der Waals surface area contributed by atoms with Crippen LogP contribution in [0.5, 0.6) is 0 Å². The number of fused-ring (bicyclic) bond motifs is 3. The predicted octanol–water partition coefficient (Wildman–Crippen LogP) is 5.37. The van der Waals surface area contributed by atoms with E-state index >= 15 is 0 Å². The summed E-state index contributed by atoms with van der Waals surface area (Å²) in [6.45, 7) is 9.32. The summed E-state index contributed by atoms with van der Waals surface area (Å²) in [4.78, 5) is 12.6. The molecule has 3 aliphatic carbocycles. The van der Waals surface area contributed by atoms with Crippen LogP contribution in [-0.4, -0.2) is 13.1 Å². The van der Waals surface area contributed by atoms with E-state index in [4.69, 9.17) is 4.74 Å². The molecule has 0 N–H and O–H groups in total. The SMILES string of the molecule is COC(=O)C1(C)CCCC2(C)C3CCC(C(C)C)=CC3CCC12. The molecule has 5 unspecified atom stereocenters. The van der Waals surface area contributed by atoms with E-state index in [1.807, 2.05) is 0 Å². The first-order chi connectivity index (χ1) is 10.8. The van der Waals surface area contributed by atoms with Gasteiger partial charge >= 0.3 is 5.97 Å². The first-order valence-electron chi connectivity index (χ1n) is 9.62. The van der Waals surface area contributed by atoms with E-state index in [0.29, 0.717) is 17.3 Å². The molecule has 0 saturated heterocycles. The smallest absolute Gasteiger partial charge is 0.311 e. The summed E-state index contributed by atoms with van der Waals surface area (Å²) >= 11 is 0. The standard InChI is InChI=1S/C21H34O2/c1-14(2)15-7-9-17-16(13-15)8-10-18-20(17,3)11-6-12-21(18,4)19(22)23-5/h13-14,16-18H,6-12H2,1-5H3. The highest BCUT2D eigenvalue weighted by molar-refractivity contribution is 5.77. The number of hydrogen-bond acceptors (Lipinski definition) is 2. The molecule has 2 nitrogen and oxygen atoms in total. The molecule has 130 valence electrons. The highest BCUT2D eigenvalue weighted by atomic mass is 16.5. The minimum Gasteiger partial charge on any atom is -0.469 e. The zero-order valence-corrected chi connectivity index (χ0v) is 15.7. The third-order valence-electron chi connectivity index (χ3n) is 7.69. The minimum absolute atomic E-state index is 0.0288. The minimum atomic E-state index is -0.269. The monoisotopic (exact) mass is 318 g/mol. The maximum atomic E-state index is 12.6. The van der Waals surface area contributed by atoms with Crippen molar-refractivity contribution < 1.29 is 9.53 Å². The second-order valence-corrected chi connectivity index (χ2v) is 9.10. The molecule has 3 aliphatic rings. The van der Waals surface area contributed by atoms with Crippen molar-refractivity contribution in [3.05, 3.63) is 11.6 Å². The molecule has 23 heavy (non-hydrogen) atoms. The van der Waals surface area contributed by atoms with E-state index in [2.05, 4.69) is 33.8 Å². The predicted molar refractivity (Wildman–Crippen MR) is 93.9 cm³/mol. The van der Waals surface area contributed by atoms with Crippen LogP contribution in [-0.2, 0) is 9.53 Å². The lowest BCUT2D eigenvalue weighted by Gasteiger charge is -2.59. The van der Waals surface area contributed by atoms with Crippen molar-refractivity contribution in [2.45, 2.75) is 72.6 Å². The van der Waals surface area contributed by atoms with Crippen LogP contribution in [0.2, 0.25) is 0 Å². The van der Waals surface area contributed by atoms with Crippen molar-refractivity contribution in [2.24, 2.45) is 34.5 Å². The zero-order valence-electron chi connectivity index (χ0n) is 15.7. The van der Waals surface area contributed by atoms with Crippen LogP contribution in [0.4, 0.5) is 0 Å². The van der Waals surface area contributed by atoms with Crippen molar-refractivity contribution in [2.75, 3.05) is 7.11 Å². The Kier molecular flexibility index (Phi) is 4.40. The summed E-state index contributed by atoms with van der Waals surface area (Å²) in [5.74, 6) is 2.70. The van der Waals surface area contributed by atoms with Crippen LogP contribution in [0.3, 0.4) is 0 Å². The molecular weight excluding hydrogens is 284 g/mol. The van der Waals surface area contributed by atoms with Gasteiger partial charge in [-0.05, 0) is 74.5 Å². The summed E-state index contributed by atoms with van der Waals surface area (Å²) in [5, 5.41) is 0. The fourth-order valence-corrected chi connectivity index (χ4v) is 6.44. The van der Waals surface area contributed by atoms with Gasteiger partial charge in [-0.15, -0.1) is 0 Å². The molecule has 0 amide bonds. The number of esters is 1. The van der Waals surface area contributed by atoms with E-state index in [-0.39, 0.29) is 11.4 Å². The van der Waals surface area contributed by atoms with Crippen molar-refractivity contribution >= 4 is 5.97 Å². The molecule has 0 aromatic carbocycles. The number of hydrogen-bond donors (Lipinski definition) is 0. The summed E-state index contributed by atoms with van der Waals surface area (Å²) in [6, 6.07) is 0. The highest BCUT2D eigenvalue weighted by Crippen LogP contribution is 2.63. The van der Waals surface area contributed by atoms with Crippen LogP contribution in [0.25, 0.3) is 0 Å². The molecule has 0 heterocycles. The molecule has 0 spiro atoms.